The zero-order valence-corrected chi connectivity index (χ0v) is 20.5. The molecule has 0 spiro atoms. The topological polar surface area (TPSA) is 89.9 Å². The molecule has 0 radical (unpaired) electrons. The SMILES string of the molecule is C=C(C)C(=O)OC12CC3CC(C1)C(=O)C(C3)C2.C=C(C)C(=O)OC12CC3CC(C1)C(O)C(C3)C2. The van der Waals surface area contributed by atoms with Crippen LogP contribution in [0.2, 0.25) is 0 Å². The second kappa shape index (κ2) is 8.32. The van der Waals surface area contributed by atoms with Gasteiger partial charge < -0.3 is 14.6 Å². The van der Waals surface area contributed by atoms with Gasteiger partial charge in [0.05, 0.1) is 6.10 Å². The monoisotopic (exact) mass is 470 g/mol. The Morgan fingerprint density at radius 1 is 0.765 bits per heavy atom. The van der Waals surface area contributed by atoms with Gasteiger partial charge >= 0.3 is 11.9 Å². The average molecular weight is 471 g/mol. The van der Waals surface area contributed by atoms with Gasteiger partial charge in [-0.25, -0.2) is 9.59 Å². The van der Waals surface area contributed by atoms with Crippen LogP contribution in [0.1, 0.15) is 78.1 Å². The van der Waals surface area contributed by atoms with E-state index in [4.69, 9.17) is 9.47 Å². The highest BCUT2D eigenvalue weighted by atomic mass is 16.6. The molecule has 8 aliphatic rings. The molecule has 8 bridgehead atoms. The van der Waals surface area contributed by atoms with Crippen molar-refractivity contribution in [2.75, 3.05) is 0 Å². The zero-order valence-electron chi connectivity index (χ0n) is 20.5. The van der Waals surface area contributed by atoms with Gasteiger partial charge in [0.1, 0.15) is 17.0 Å². The second-order valence-corrected chi connectivity index (χ2v) is 12.4. The lowest BCUT2D eigenvalue weighted by molar-refractivity contribution is -0.203. The predicted octanol–water partition coefficient (Wildman–Crippen LogP) is 4.30. The summed E-state index contributed by atoms with van der Waals surface area (Å²) in [5.41, 5.74) is 0.292. The number of rotatable bonds is 4. The number of ether oxygens (including phenoxy) is 2. The van der Waals surface area contributed by atoms with Crippen molar-refractivity contribution in [3.63, 3.8) is 0 Å². The minimum Gasteiger partial charge on any atom is -0.456 e. The standard InChI is InChI=1S/C14H20O3.C14H18O3/c2*1-8(2)13(16)17-14-5-9-3-10(6-14)12(15)11(4-9)7-14/h9-12,15H,1,3-7H2,2H3;9-11H,1,3-7H2,2H3. The number of hydrogen-bond acceptors (Lipinski definition) is 6. The molecular formula is C28H38O6. The van der Waals surface area contributed by atoms with Crippen LogP contribution in [0.15, 0.2) is 24.3 Å². The number of aliphatic hydroxyl groups is 1. The summed E-state index contributed by atoms with van der Waals surface area (Å²) in [6.07, 6.45) is 9.23. The molecule has 8 saturated carbocycles. The number of ketones is 1. The third kappa shape index (κ3) is 4.16. The molecule has 0 aromatic carbocycles. The maximum atomic E-state index is 12.0. The average Bonchev–Trinajstić information content (AvgIpc) is 2.74. The Morgan fingerprint density at radius 3 is 1.62 bits per heavy atom. The Balaban J connectivity index is 0.000000142. The van der Waals surface area contributed by atoms with E-state index in [9.17, 15) is 19.5 Å². The van der Waals surface area contributed by atoms with E-state index in [0.29, 0.717) is 40.6 Å². The van der Waals surface area contributed by atoms with Crippen molar-refractivity contribution in [3.05, 3.63) is 24.3 Å². The van der Waals surface area contributed by atoms with Gasteiger partial charge in [0.15, 0.2) is 0 Å². The van der Waals surface area contributed by atoms with E-state index in [1.54, 1.807) is 13.8 Å². The summed E-state index contributed by atoms with van der Waals surface area (Å²) < 4.78 is 11.4. The Morgan fingerprint density at radius 2 is 1.18 bits per heavy atom. The first-order valence-electron chi connectivity index (χ1n) is 13.0. The van der Waals surface area contributed by atoms with Gasteiger partial charge in [-0.15, -0.1) is 0 Å². The van der Waals surface area contributed by atoms with E-state index >= 15 is 0 Å². The van der Waals surface area contributed by atoms with Crippen LogP contribution in [0.3, 0.4) is 0 Å². The largest absolute Gasteiger partial charge is 0.456 e. The van der Waals surface area contributed by atoms with Crippen LogP contribution < -0.4 is 0 Å². The normalized spacial score (nSPS) is 44.8. The highest BCUT2D eigenvalue weighted by molar-refractivity contribution is 5.89. The number of hydrogen-bond donors (Lipinski definition) is 1. The Bertz CT molecular complexity index is 899. The third-order valence-electron chi connectivity index (χ3n) is 9.42. The minimum atomic E-state index is -0.347. The van der Waals surface area contributed by atoms with Gasteiger partial charge in [0.2, 0.25) is 0 Å². The van der Waals surface area contributed by atoms with Crippen LogP contribution in [0.25, 0.3) is 0 Å². The summed E-state index contributed by atoms with van der Waals surface area (Å²) in [6, 6.07) is 0. The zero-order chi connectivity index (χ0) is 24.4. The number of Topliss-reactive ketones (excluding diaryl/α,β-unsaturated/α-hetero) is 1. The Labute approximate surface area is 202 Å². The fourth-order valence-electron chi connectivity index (χ4n) is 8.42. The van der Waals surface area contributed by atoms with Crippen molar-refractivity contribution in [3.8, 4) is 0 Å². The van der Waals surface area contributed by atoms with Gasteiger partial charge in [-0.1, -0.05) is 13.2 Å². The smallest absolute Gasteiger partial charge is 0.333 e. The molecule has 1 N–H and O–H groups in total. The number of esters is 2. The van der Waals surface area contributed by atoms with E-state index in [1.165, 1.54) is 0 Å². The molecule has 4 unspecified atom stereocenters. The Kier molecular flexibility index (Phi) is 5.82. The van der Waals surface area contributed by atoms with E-state index in [2.05, 4.69) is 13.2 Å². The first kappa shape index (κ1) is 23.8. The maximum Gasteiger partial charge on any atom is 0.333 e. The van der Waals surface area contributed by atoms with Gasteiger partial charge in [-0.05, 0) is 102 Å². The molecule has 0 aliphatic heterocycles. The summed E-state index contributed by atoms with van der Waals surface area (Å²) in [6.45, 7) is 10.6. The first-order chi connectivity index (χ1) is 16.0. The summed E-state index contributed by atoms with van der Waals surface area (Å²) in [4.78, 5) is 35.4. The molecule has 186 valence electrons. The van der Waals surface area contributed by atoms with E-state index in [1.807, 2.05) is 0 Å². The van der Waals surface area contributed by atoms with E-state index < -0.39 is 0 Å². The lowest BCUT2D eigenvalue weighted by atomic mass is 9.53. The molecule has 6 heteroatoms. The van der Waals surface area contributed by atoms with Crippen molar-refractivity contribution in [1.29, 1.82) is 0 Å². The molecule has 34 heavy (non-hydrogen) atoms. The van der Waals surface area contributed by atoms with Crippen molar-refractivity contribution in [1.82, 2.24) is 0 Å². The molecular weight excluding hydrogens is 432 g/mol. The number of carbonyl (C=O) groups excluding carboxylic acids is 3. The van der Waals surface area contributed by atoms with E-state index in [0.717, 1.165) is 64.2 Å². The van der Waals surface area contributed by atoms with Gasteiger partial charge in [0.25, 0.3) is 0 Å². The molecule has 0 saturated heterocycles. The summed E-state index contributed by atoms with van der Waals surface area (Å²) >= 11 is 0. The van der Waals surface area contributed by atoms with Crippen molar-refractivity contribution in [2.45, 2.75) is 95.4 Å². The van der Waals surface area contributed by atoms with E-state index in [-0.39, 0.29) is 41.1 Å². The quantitative estimate of drug-likeness (QED) is 0.487. The molecule has 4 atom stereocenters. The lowest BCUT2D eigenvalue weighted by Gasteiger charge is -2.57. The fourth-order valence-corrected chi connectivity index (χ4v) is 8.42. The van der Waals surface area contributed by atoms with Crippen LogP contribution in [-0.4, -0.2) is 40.1 Å². The predicted molar refractivity (Wildman–Crippen MR) is 125 cm³/mol. The van der Waals surface area contributed by atoms with Crippen LogP contribution >= 0.6 is 0 Å². The number of aliphatic hydroxyl groups excluding tert-OH is 1. The van der Waals surface area contributed by atoms with Crippen LogP contribution in [0.5, 0.6) is 0 Å². The summed E-state index contributed by atoms with van der Waals surface area (Å²) in [5, 5.41) is 10.1. The van der Waals surface area contributed by atoms with Gasteiger partial charge in [-0.3, -0.25) is 4.79 Å². The Hall–Kier alpha value is -1.95. The third-order valence-corrected chi connectivity index (χ3v) is 9.42. The molecule has 0 amide bonds. The highest BCUT2D eigenvalue weighted by Gasteiger charge is 2.58. The van der Waals surface area contributed by atoms with Crippen molar-refractivity contribution >= 4 is 17.7 Å². The molecule has 8 rings (SSSR count). The number of carbonyl (C=O) groups is 3. The van der Waals surface area contributed by atoms with Crippen LogP contribution in [-0.2, 0) is 23.9 Å². The maximum absolute atomic E-state index is 12.0. The summed E-state index contributed by atoms with van der Waals surface area (Å²) in [7, 11) is 0. The molecule has 8 aliphatic carbocycles. The summed E-state index contributed by atoms with van der Waals surface area (Å²) in [5.74, 6) is 2.09. The molecule has 0 aromatic rings. The van der Waals surface area contributed by atoms with Crippen molar-refractivity contribution in [2.24, 2.45) is 35.5 Å². The molecule has 0 heterocycles. The molecule has 8 fully saturated rings. The lowest BCUT2D eigenvalue weighted by Crippen LogP contribution is -2.58. The van der Waals surface area contributed by atoms with Crippen molar-refractivity contribution < 1.29 is 29.0 Å². The highest BCUT2D eigenvalue weighted by Crippen LogP contribution is 2.57. The van der Waals surface area contributed by atoms with Crippen LogP contribution in [0, 0.1) is 35.5 Å². The van der Waals surface area contributed by atoms with Gasteiger partial charge in [0, 0.05) is 23.0 Å². The van der Waals surface area contributed by atoms with Crippen LogP contribution in [0.4, 0.5) is 0 Å². The second-order valence-electron chi connectivity index (χ2n) is 12.4. The fraction of sp³-hybridized carbons (Fsp3) is 0.750. The van der Waals surface area contributed by atoms with Gasteiger partial charge in [-0.2, -0.15) is 0 Å². The minimum absolute atomic E-state index is 0.152. The molecule has 6 nitrogen and oxygen atoms in total. The molecule has 0 aromatic heterocycles. The first-order valence-corrected chi connectivity index (χ1v) is 13.0.